The number of aromatic nitrogens is 2. The van der Waals surface area contributed by atoms with Crippen LogP contribution in [0.5, 0.6) is 0 Å². The average Bonchev–Trinajstić information content (AvgIpc) is 3.19. The zero-order valence-corrected chi connectivity index (χ0v) is 14.4. The van der Waals surface area contributed by atoms with Crippen molar-refractivity contribution in [1.29, 1.82) is 0 Å². The maximum Gasteiger partial charge on any atom is 0.248 e. The maximum absolute atomic E-state index is 12.4. The van der Waals surface area contributed by atoms with E-state index in [0.717, 1.165) is 12.0 Å². The van der Waals surface area contributed by atoms with Gasteiger partial charge in [-0.25, -0.2) is 0 Å². The van der Waals surface area contributed by atoms with Crippen molar-refractivity contribution in [2.24, 2.45) is 0 Å². The van der Waals surface area contributed by atoms with Crippen LogP contribution in [0.1, 0.15) is 25.7 Å². The van der Waals surface area contributed by atoms with Crippen molar-refractivity contribution in [2.45, 2.75) is 26.2 Å². The first-order valence-corrected chi connectivity index (χ1v) is 8.96. The number of amides is 2. The van der Waals surface area contributed by atoms with Crippen LogP contribution in [-0.4, -0.2) is 58.0 Å². The maximum atomic E-state index is 12.4. The van der Waals surface area contributed by atoms with E-state index >= 15 is 0 Å². The summed E-state index contributed by atoms with van der Waals surface area (Å²) in [5.74, 6) is 1.10. The van der Waals surface area contributed by atoms with Gasteiger partial charge in [-0.15, -0.1) is 10.2 Å². The molecule has 0 radical (unpaired) electrons. The van der Waals surface area contributed by atoms with Crippen LogP contribution in [0.4, 0.5) is 0 Å². The van der Waals surface area contributed by atoms with E-state index in [-0.39, 0.29) is 11.8 Å². The Morgan fingerprint density at radius 3 is 2.75 bits per heavy atom. The summed E-state index contributed by atoms with van der Waals surface area (Å²) >= 11 is 1.57. The second kappa shape index (κ2) is 7.57. The Hall–Kier alpha value is -2.22. The zero-order valence-electron chi connectivity index (χ0n) is 13.6. The second-order valence-corrected chi connectivity index (χ2v) is 6.53. The molecule has 128 valence electrons. The molecule has 3 rings (SSSR count). The minimum Gasteiger partial charge on any atom is -0.421 e. The summed E-state index contributed by atoms with van der Waals surface area (Å²) in [6, 6.07) is 1.92. The highest BCUT2D eigenvalue weighted by Gasteiger charge is 2.20. The van der Waals surface area contributed by atoms with E-state index in [2.05, 4.69) is 10.2 Å². The lowest BCUT2D eigenvalue weighted by Gasteiger charge is -2.21. The second-order valence-electron chi connectivity index (χ2n) is 5.75. The SMILES string of the molecule is CC(=O)N1CCCN(C(=O)CCc2nnc(-c3ccsc3)o2)CC1. The molecule has 0 unspecified atom stereocenters. The summed E-state index contributed by atoms with van der Waals surface area (Å²) in [4.78, 5) is 27.4. The molecule has 0 N–H and O–H groups in total. The molecule has 0 bridgehead atoms. The standard InChI is InChI=1S/C16H20N4O3S/c1-12(21)19-6-2-7-20(9-8-19)15(22)4-3-14-17-18-16(23-14)13-5-10-24-11-13/h5,10-11H,2-4,6-9H2,1H3. The van der Waals surface area contributed by atoms with Gasteiger partial charge in [0.1, 0.15) is 0 Å². The molecule has 0 aromatic carbocycles. The number of rotatable bonds is 4. The molecule has 1 aliphatic heterocycles. The molecule has 0 atom stereocenters. The van der Waals surface area contributed by atoms with Crippen LogP contribution in [0.2, 0.25) is 0 Å². The average molecular weight is 348 g/mol. The van der Waals surface area contributed by atoms with Crippen LogP contribution in [0, 0.1) is 0 Å². The number of hydrogen-bond donors (Lipinski definition) is 0. The van der Waals surface area contributed by atoms with Gasteiger partial charge < -0.3 is 14.2 Å². The lowest BCUT2D eigenvalue weighted by molar-refractivity contribution is -0.132. The minimum absolute atomic E-state index is 0.0654. The molecule has 2 aromatic rings. The summed E-state index contributed by atoms with van der Waals surface area (Å²) in [5, 5.41) is 11.9. The molecule has 2 amide bonds. The van der Waals surface area contributed by atoms with Crippen LogP contribution in [0.3, 0.4) is 0 Å². The number of carbonyl (C=O) groups excluding carboxylic acids is 2. The van der Waals surface area contributed by atoms with E-state index in [4.69, 9.17) is 4.42 Å². The number of nitrogens with zero attached hydrogens (tertiary/aromatic N) is 4. The van der Waals surface area contributed by atoms with Gasteiger partial charge in [0, 0.05) is 56.9 Å². The predicted molar refractivity (Wildman–Crippen MR) is 89.4 cm³/mol. The summed E-state index contributed by atoms with van der Waals surface area (Å²) in [6.45, 7) is 4.16. The minimum atomic E-state index is 0.0654. The highest BCUT2D eigenvalue weighted by Crippen LogP contribution is 2.20. The topological polar surface area (TPSA) is 79.5 Å². The van der Waals surface area contributed by atoms with E-state index in [1.807, 2.05) is 21.7 Å². The fraction of sp³-hybridized carbons (Fsp3) is 0.500. The van der Waals surface area contributed by atoms with Crippen LogP contribution >= 0.6 is 11.3 Å². The molecule has 1 saturated heterocycles. The van der Waals surface area contributed by atoms with E-state index in [0.29, 0.717) is 50.8 Å². The lowest BCUT2D eigenvalue weighted by atomic mass is 10.2. The van der Waals surface area contributed by atoms with Gasteiger partial charge in [-0.1, -0.05) is 0 Å². The number of carbonyl (C=O) groups is 2. The summed E-state index contributed by atoms with van der Waals surface area (Å²) in [5.41, 5.74) is 0.905. The van der Waals surface area contributed by atoms with Crippen LogP contribution < -0.4 is 0 Å². The van der Waals surface area contributed by atoms with Gasteiger partial charge in [-0.05, 0) is 17.9 Å². The normalized spacial score (nSPS) is 15.4. The van der Waals surface area contributed by atoms with Gasteiger partial charge in [-0.3, -0.25) is 9.59 Å². The van der Waals surface area contributed by atoms with Crippen molar-refractivity contribution in [3.05, 3.63) is 22.7 Å². The van der Waals surface area contributed by atoms with Crippen molar-refractivity contribution in [1.82, 2.24) is 20.0 Å². The van der Waals surface area contributed by atoms with Crippen molar-refractivity contribution in [3.8, 4) is 11.5 Å². The smallest absolute Gasteiger partial charge is 0.248 e. The number of aryl methyl sites for hydroxylation is 1. The Morgan fingerprint density at radius 1 is 1.21 bits per heavy atom. The predicted octanol–water partition coefficient (Wildman–Crippen LogP) is 1.81. The molecule has 0 spiro atoms. The quantitative estimate of drug-likeness (QED) is 0.842. The van der Waals surface area contributed by atoms with Crippen molar-refractivity contribution < 1.29 is 14.0 Å². The monoisotopic (exact) mass is 348 g/mol. The number of thiophene rings is 1. The molecule has 0 saturated carbocycles. The molecule has 2 aromatic heterocycles. The van der Waals surface area contributed by atoms with Gasteiger partial charge >= 0.3 is 0 Å². The molecule has 8 heteroatoms. The molecule has 7 nitrogen and oxygen atoms in total. The number of hydrogen-bond acceptors (Lipinski definition) is 6. The lowest BCUT2D eigenvalue weighted by Crippen LogP contribution is -2.36. The van der Waals surface area contributed by atoms with Crippen molar-refractivity contribution in [3.63, 3.8) is 0 Å². The van der Waals surface area contributed by atoms with Gasteiger partial charge in [-0.2, -0.15) is 11.3 Å². The Bertz CT molecular complexity index is 698. The fourth-order valence-electron chi connectivity index (χ4n) is 2.71. The summed E-state index contributed by atoms with van der Waals surface area (Å²) in [7, 11) is 0. The first-order chi connectivity index (χ1) is 11.6. The Morgan fingerprint density at radius 2 is 2.00 bits per heavy atom. The van der Waals surface area contributed by atoms with E-state index < -0.39 is 0 Å². The largest absolute Gasteiger partial charge is 0.421 e. The molecule has 1 fully saturated rings. The highest BCUT2D eigenvalue weighted by atomic mass is 32.1. The highest BCUT2D eigenvalue weighted by molar-refractivity contribution is 7.08. The summed E-state index contributed by atoms with van der Waals surface area (Å²) < 4.78 is 5.60. The molecule has 3 heterocycles. The first-order valence-electron chi connectivity index (χ1n) is 8.02. The molecular formula is C16H20N4O3S. The van der Waals surface area contributed by atoms with E-state index in [1.54, 1.807) is 23.2 Å². The van der Waals surface area contributed by atoms with Gasteiger partial charge in [0.2, 0.25) is 23.6 Å². The van der Waals surface area contributed by atoms with Gasteiger partial charge in [0.05, 0.1) is 0 Å². The third kappa shape index (κ3) is 4.00. The Balaban J connectivity index is 1.51. The Labute approximate surface area is 144 Å². The molecule has 0 aliphatic carbocycles. The molecular weight excluding hydrogens is 328 g/mol. The van der Waals surface area contributed by atoms with Crippen LogP contribution in [0.25, 0.3) is 11.5 Å². The van der Waals surface area contributed by atoms with Crippen molar-refractivity contribution >= 4 is 23.2 Å². The summed E-state index contributed by atoms with van der Waals surface area (Å²) in [6.07, 6.45) is 1.59. The van der Waals surface area contributed by atoms with E-state index in [1.165, 1.54) is 0 Å². The van der Waals surface area contributed by atoms with Crippen LogP contribution in [-0.2, 0) is 16.0 Å². The van der Waals surface area contributed by atoms with Gasteiger partial charge in [0.15, 0.2) is 0 Å². The van der Waals surface area contributed by atoms with Crippen molar-refractivity contribution in [2.75, 3.05) is 26.2 Å². The zero-order chi connectivity index (χ0) is 16.9. The Kier molecular flexibility index (Phi) is 5.24. The third-order valence-corrected chi connectivity index (χ3v) is 4.76. The first kappa shape index (κ1) is 16.6. The van der Waals surface area contributed by atoms with Crippen LogP contribution in [0.15, 0.2) is 21.2 Å². The fourth-order valence-corrected chi connectivity index (χ4v) is 3.34. The third-order valence-electron chi connectivity index (χ3n) is 4.08. The van der Waals surface area contributed by atoms with E-state index in [9.17, 15) is 9.59 Å². The molecule has 24 heavy (non-hydrogen) atoms. The van der Waals surface area contributed by atoms with Gasteiger partial charge in [0.25, 0.3) is 0 Å². The molecule has 1 aliphatic rings.